The van der Waals surface area contributed by atoms with Gasteiger partial charge in [-0.15, -0.1) is 0 Å². The maximum absolute atomic E-state index is 11.3. The van der Waals surface area contributed by atoms with Crippen molar-refractivity contribution in [2.75, 3.05) is 25.9 Å². The maximum Gasteiger partial charge on any atom is 0.262 e. The Labute approximate surface area is 94.8 Å². The molecule has 0 bridgehead atoms. The fourth-order valence-corrected chi connectivity index (χ4v) is 1.09. The van der Waals surface area contributed by atoms with Crippen molar-refractivity contribution in [3.63, 3.8) is 0 Å². The zero-order valence-corrected chi connectivity index (χ0v) is 9.23. The smallest absolute Gasteiger partial charge is 0.262 e. The number of aliphatic imine (C=N–C) groups is 1. The number of hydrogen-bond acceptors (Lipinski definition) is 4. The summed E-state index contributed by atoms with van der Waals surface area (Å²) in [5.41, 5.74) is 6.88. The SMILES string of the molecule is CNCCNC(=O)/C=N/c1cccc(N)c1. The van der Waals surface area contributed by atoms with Gasteiger partial charge < -0.3 is 16.4 Å². The number of rotatable bonds is 5. The second kappa shape index (κ2) is 6.58. The maximum atomic E-state index is 11.3. The van der Waals surface area contributed by atoms with Crippen molar-refractivity contribution in [2.45, 2.75) is 0 Å². The molecule has 16 heavy (non-hydrogen) atoms. The Bertz CT molecular complexity index is 376. The summed E-state index contributed by atoms with van der Waals surface area (Å²) in [6, 6.07) is 7.05. The normalized spacial score (nSPS) is 10.6. The average molecular weight is 220 g/mol. The van der Waals surface area contributed by atoms with E-state index in [4.69, 9.17) is 5.73 Å². The first-order valence-electron chi connectivity index (χ1n) is 5.04. The lowest BCUT2D eigenvalue weighted by Gasteiger charge is -2.00. The molecule has 4 N–H and O–H groups in total. The van der Waals surface area contributed by atoms with Crippen LogP contribution in [0.15, 0.2) is 29.3 Å². The van der Waals surface area contributed by atoms with E-state index in [9.17, 15) is 4.79 Å². The van der Waals surface area contributed by atoms with Gasteiger partial charge in [-0.3, -0.25) is 9.79 Å². The lowest BCUT2D eigenvalue weighted by molar-refractivity contribution is -0.114. The van der Waals surface area contributed by atoms with Crippen molar-refractivity contribution in [1.82, 2.24) is 10.6 Å². The summed E-state index contributed by atoms with van der Waals surface area (Å²) >= 11 is 0. The predicted octanol–water partition coefficient (Wildman–Crippen LogP) is 0.307. The minimum Gasteiger partial charge on any atom is -0.399 e. The molecule has 0 unspecified atom stereocenters. The molecule has 0 atom stereocenters. The topological polar surface area (TPSA) is 79.5 Å². The molecule has 0 aliphatic heterocycles. The van der Waals surface area contributed by atoms with Crippen LogP contribution >= 0.6 is 0 Å². The van der Waals surface area contributed by atoms with Gasteiger partial charge in [-0.2, -0.15) is 0 Å². The van der Waals surface area contributed by atoms with E-state index in [-0.39, 0.29) is 5.91 Å². The number of hydrogen-bond donors (Lipinski definition) is 3. The lowest BCUT2D eigenvalue weighted by Crippen LogP contribution is -2.30. The Morgan fingerprint density at radius 3 is 3.00 bits per heavy atom. The Morgan fingerprint density at radius 1 is 1.50 bits per heavy atom. The van der Waals surface area contributed by atoms with Crippen LogP contribution in [0.4, 0.5) is 11.4 Å². The fraction of sp³-hybridized carbons (Fsp3) is 0.273. The Morgan fingerprint density at radius 2 is 2.31 bits per heavy atom. The van der Waals surface area contributed by atoms with Gasteiger partial charge >= 0.3 is 0 Å². The highest BCUT2D eigenvalue weighted by Gasteiger charge is 1.94. The summed E-state index contributed by atoms with van der Waals surface area (Å²) in [5.74, 6) is -0.210. The summed E-state index contributed by atoms with van der Waals surface area (Å²) in [6.07, 6.45) is 1.25. The molecule has 0 saturated heterocycles. The van der Waals surface area contributed by atoms with Crippen LogP contribution in [-0.4, -0.2) is 32.3 Å². The molecular formula is C11H16N4O. The number of amides is 1. The molecule has 5 heteroatoms. The van der Waals surface area contributed by atoms with Gasteiger partial charge in [0.1, 0.15) is 0 Å². The van der Waals surface area contributed by atoms with E-state index in [0.717, 1.165) is 6.54 Å². The third kappa shape index (κ3) is 4.56. The van der Waals surface area contributed by atoms with Crippen LogP contribution in [0.2, 0.25) is 0 Å². The Balaban J connectivity index is 2.44. The molecular weight excluding hydrogens is 204 g/mol. The molecule has 0 aliphatic rings. The molecule has 0 fully saturated rings. The molecule has 0 radical (unpaired) electrons. The third-order valence-electron chi connectivity index (χ3n) is 1.88. The molecule has 0 saturated carbocycles. The van der Waals surface area contributed by atoms with E-state index < -0.39 is 0 Å². The number of nitrogens with one attached hydrogen (secondary N) is 2. The molecule has 0 heterocycles. The molecule has 1 rings (SSSR count). The minimum atomic E-state index is -0.210. The third-order valence-corrected chi connectivity index (χ3v) is 1.88. The van der Waals surface area contributed by atoms with Gasteiger partial charge in [0.15, 0.2) is 0 Å². The summed E-state index contributed by atoms with van der Waals surface area (Å²) in [4.78, 5) is 15.3. The van der Waals surface area contributed by atoms with Gasteiger partial charge in [-0.1, -0.05) is 6.07 Å². The number of nitrogen functional groups attached to an aromatic ring is 1. The number of nitrogens with zero attached hydrogens (tertiary/aromatic N) is 1. The highest BCUT2D eigenvalue weighted by Crippen LogP contribution is 2.14. The van der Waals surface area contributed by atoms with E-state index in [1.165, 1.54) is 6.21 Å². The molecule has 0 aliphatic carbocycles. The molecule has 0 spiro atoms. The number of anilines is 1. The Kier molecular flexibility index (Phi) is 5.01. The molecule has 86 valence electrons. The van der Waals surface area contributed by atoms with Gasteiger partial charge in [0.25, 0.3) is 5.91 Å². The Hall–Kier alpha value is -1.88. The average Bonchev–Trinajstić information content (AvgIpc) is 2.27. The van der Waals surface area contributed by atoms with E-state index >= 15 is 0 Å². The quantitative estimate of drug-likeness (QED) is 0.379. The molecule has 1 amide bonds. The number of benzene rings is 1. The van der Waals surface area contributed by atoms with Crippen molar-refractivity contribution in [3.05, 3.63) is 24.3 Å². The number of carbonyl (C=O) groups is 1. The summed E-state index contributed by atoms with van der Waals surface area (Å²) in [7, 11) is 1.83. The summed E-state index contributed by atoms with van der Waals surface area (Å²) in [5, 5.41) is 5.62. The second-order valence-corrected chi connectivity index (χ2v) is 3.25. The first-order chi connectivity index (χ1) is 7.72. The summed E-state index contributed by atoms with van der Waals surface area (Å²) < 4.78 is 0. The monoisotopic (exact) mass is 220 g/mol. The zero-order valence-electron chi connectivity index (χ0n) is 9.23. The number of nitrogens with two attached hydrogens (primary N) is 1. The van der Waals surface area contributed by atoms with Gasteiger partial charge in [0.2, 0.25) is 0 Å². The first kappa shape index (κ1) is 12.2. The van der Waals surface area contributed by atoms with Crippen LogP contribution in [0.1, 0.15) is 0 Å². The van der Waals surface area contributed by atoms with Crippen molar-refractivity contribution in [2.24, 2.45) is 4.99 Å². The van der Waals surface area contributed by atoms with Crippen LogP contribution in [0.5, 0.6) is 0 Å². The fourth-order valence-electron chi connectivity index (χ4n) is 1.09. The van der Waals surface area contributed by atoms with Crippen LogP contribution in [0.25, 0.3) is 0 Å². The summed E-state index contributed by atoms with van der Waals surface area (Å²) in [6.45, 7) is 1.32. The van der Waals surface area contributed by atoms with Gasteiger partial charge in [-0.05, 0) is 25.2 Å². The van der Waals surface area contributed by atoms with Crippen molar-refractivity contribution in [1.29, 1.82) is 0 Å². The second-order valence-electron chi connectivity index (χ2n) is 3.25. The van der Waals surface area contributed by atoms with Crippen LogP contribution in [0.3, 0.4) is 0 Å². The molecule has 0 aromatic heterocycles. The van der Waals surface area contributed by atoms with Crippen LogP contribution < -0.4 is 16.4 Å². The van der Waals surface area contributed by atoms with Crippen LogP contribution in [-0.2, 0) is 4.79 Å². The predicted molar refractivity (Wildman–Crippen MR) is 65.9 cm³/mol. The standard InChI is InChI=1S/C11H16N4O/c1-13-5-6-14-11(16)8-15-10-4-2-3-9(12)7-10/h2-4,7-8,13H,5-6,12H2,1H3,(H,14,16)/b15-8+. The lowest BCUT2D eigenvalue weighted by atomic mass is 10.3. The highest BCUT2D eigenvalue weighted by atomic mass is 16.1. The van der Waals surface area contributed by atoms with E-state index in [1.54, 1.807) is 24.3 Å². The molecule has 1 aromatic carbocycles. The molecule has 5 nitrogen and oxygen atoms in total. The van der Waals surface area contributed by atoms with Gasteiger partial charge in [-0.25, -0.2) is 0 Å². The number of carbonyl (C=O) groups excluding carboxylic acids is 1. The minimum absolute atomic E-state index is 0.210. The first-order valence-corrected chi connectivity index (χ1v) is 5.04. The van der Waals surface area contributed by atoms with E-state index in [1.807, 2.05) is 7.05 Å². The van der Waals surface area contributed by atoms with Crippen LogP contribution in [0, 0.1) is 0 Å². The zero-order chi connectivity index (χ0) is 11.8. The van der Waals surface area contributed by atoms with Crippen molar-refractivity contribution >= 4 is 23.5 Å². The van der Waals surface area contributed by atoms with E-state index in [2.05, 4.69) is 15.6 Å². The number of likely N-dealkylation sites (N-methyl/N-ethyl adjacent to an activating group) is 1. The van der Waals surface area contributed by atoms with Gasteiger partial charge in [0.05, 0.1) is 11.9 Å². The van der Waals surface area contributed by atoms with E-state index in [0.29, 0.717) is 17.9 Å². The largest absolute Gasteiger partial charge is 0.399 e. The van der Waals surface area contributed by atoms with Crippen molar-refractivity contribution < 1.29 is 4.79 Å². The highest BCUT2D eigenvalue weighted by molar-refractivity contribution is 6.26. The van der Waals surface area contributed by atoms with Gasteiger partial charge in [0, 0.05) is 18.8 Å². The molecule has 1 aromatic rings. The van der Waals surface area contributed by atoms with Crippen molar-refractivity contribution in [3.8, 4) is 0 Å².